The van der Waals surface area contributed by atoms with Gasteiger partial charge in [0.2, 0.25) is 5.91 Å². The normalized spacial score (nSPS) is 12.5. The second kappa shape index (κ2) is 12.5. The molecular formula is C23H33IN4O. The van der Waals surface area contributed by atoms with E-state index in [1.807, 2.05) is 32.9 Å². The summed E-state index contributed by atoms with van der Waals surface area (Å²) in [4.78, 5) is 16.3. The lowest BCUT2D eigenvalue weighted by Gasteiger charge is -2.22. The van der Waals surface area contributed by atoms with E-state index in [2.05, 4.69) is 69.5 Å². The Morgan fingerprint density at radius 1 is 0.966 bits per heavy atom. The van der Waals surface area contributed by atoms with Crippen LogP contribution in [0.4, 0.5) is 0 Å². The number of carbonyl (C=O) groups excluding carboxylic acids is 1. The standard InChI is InChI=1S/C23H32N4O.HI/c1-23(2,3)27-21(28)17-26-22(24-4)25-16-20(19-13-9-6-10-14-19)15-18-11-7-5-8-12-18;/h5-14,20H,15-17H2,1-4H3,(H,27,28)(H2,24,25,26);1H. The van der Waals surface area contributed by atoms with E-state index < -0.39 is 0 Å². The Morgan fingerprint density at radius 2 is 1.55 bits per heavy atom. The molecule has 158 valence electrons. The molecule has 1 atom stereocenters. The molecule has 2 aromatic carbocycles. The molecule has 0 bridgehead atoms. The summed E-state index contributed by atoms with van der Waals surface area (Å²) in [5.41, 5.74) is 2.33. The fraction of sp³-hybridized carbons (Fsp3) is 0.391. The molecule has 6 heteroatoms. The zero-order valence-electron chi connectivity index (χ0n) is 17.7. The van der Waals surface area contributed by atoms with E-state index in [-0.39, 0.29) is 42.0 Å². The molecule has 0 fully saturated rings. The maximum Gasteiger partial charge on any atom is 0.239 e. The number of aliphatic imine (C=N–C) groups is 1. The number of rotatable bonds is 7. The fourth-order valence-corrected chi connectivity index (χ4v) is 3.00. The van der Waals surface area contributed by atoms with Crippen LogP contribution in [0.3, 0.4) is 0 Å². The SMILES string of the molecule is CN=C(NCC(=O)NC(C)(C)C)NCC(Cc1ccccc1)c1ccccc1.I. The minimum atomic E-state index is -0.246. The van der Waals surface area contributed by atoms with Crippen molar-refractivity contribution in [2.45, 2.75) is 38.6 Å². The van der Waals surface area contributed by atoms with Gasteiger partial charge < -0.3 is 16.0 Å². The first-order chi connectivity index (χ1) is 13.4. The van der Waals surface area contributed by atoms with Gasteiger partial charge >= 0.3 is 0 Å². The van der Waals surface area contributed by atoms with Gasteiger partial charge in [0.05, 0.1) is 6.54 Å². The van der Waals surface area contributed by atoms with Crippen LogP contribution < -0.4 is 16.0 Å². The highest BCUT2D eigenvalue weighted by atomic mass is 127. The first kappa shape index (κ1) is 24.9. The van der Waals surface area contributed by atoms with E-state index in [9.17, 15) is 4.79 Å². The van der Waals surface area contributed by atoms with Crippen LogP contribution in [-0.2, 0) is 11.2 Å². The molecule has 29 heavy (non-hydrogen) atoms. The lowest BCUT2D eigenvalue weighted by Crippen LogP contribution is -2.48. The highest BCUT2D eigenvalue weighted by molar-refractivity contribution is 14.0. The zero-order chi connectivity index (χ0) is 20.4. The third-order valence-electron chi connectivity index (χ3n) is 4.27. The Bertz CT molecular complexity index is 757. The van der Waals surface area contributed by atoms with E-state index in [0.717, 1.165) is 13.0 Å². The van der Waals surface area contributed by atoms with Gasteiger partial charge in [-0.1, -0.05) is 60.7 Å². The summed E-state index contributed by atoms with van der Waals surface area (Å²) in [6.45, 7) is 6.80. The van der Waals surface area contributed by atoms with Crippen LogP contribution in [0.1, 0.15) is 37.8 Å². The number of nitrogens with one attached hydrogen (secondary N) is 3. The van der Waals surface area contributed by atoms with Crippen molar-refractivity contribution >= 4 is 35.8 Å². The summed E-state index contributed by atoms with van der Waals surface area (Å²) < 4.78 is 0. The quantitative estimate of drug-likeness (QED) is 0.304. The molecule has 2 rings (SSSR count). The molecule has 0 saturated heterocycles. The van der Waals surface area contributed by atoms with Gasteiger partial charge in [-0.3, -0.25) is 9.79 Å². The molecule has 0 saturated carbocycles. The zero-order valence-corrected chi connectivity index (χ0v) is 20.1. The predicted octanol–water partition coefficient (Wildman–Crippen LogP) is 3.71. The molecule has 5 nitrogen and oxygen atoms in total. The van der Waals surface area contributed by atoms with Crippen molar-refractivity contribution in [2.24, 2.45) is 4.99 Å². The van der Waals surface area contributed by atoms with E-state index in [4.69, 9.17) is 0 Å². The highest BCUT2D eigenvalue weighted by Gasteiger charge is 2.15. The van der Waals surface area contributed by atoms with Crippen molar-refractivity contribution in [3.05, 3.63) is 71.8 Å². The predicted molar refractivity (Wildman–Crippen MR) is 132 cm³/mol. The van der Waals surface area contributed by atoms with Crippen molar-refractivity contribution in [2.75, 3.05) is 20.1 Å². The highest BCUT2D eigenvalue weighted by Crippen LogP contribution is 2.20. The Labute approximate surface area is 191 Å². The number of halogens is 1. The topological polar surface area (TPSA) is 65.5 Å². The van der Waals surface area contributed by atoms with Gasteiger partial charge in [0.1, 0.15) is 0 Å². The molecular weight excluding hydrogens is 475 g/mol. The summed E-state index contributed by atoms with van der Waals surface area (Å²) in [6.07, 6.45) is 0.930. The number of guanidine groups is 1. The summed E-state index contributed by atoms with van der Waals surface area (Å²) in [7, 11) is 1.71. The maximum absolute atomic E-state index is 12.0. The minimum Gasteiger partial charge on any atom is -0.356 e. The van der Waals surface area contributed by atoms with Crippen molar-refractivity contribution in [3.63, 3.8) is 0 Å². The molecule has 1 unspecified atom stereocenters. The van der Waals surface area contributed by atoms with Gasteiger partial charge in [-0.2, -0.15) is 0 Å². The van der Waals surface area contributed by atoms with Gasteiger partial charge in [-0.25, -0.2) is 0 Å². The fourth-order valence-electron chi connectivity index (χ4n) is 3.00. The second-order valence-corrected chi connectivity index (χ2v) is 7.90. The summed E-state index contributed by atoms with van der Waals surface area (Å²) >= 11 is 0. The van der Waals surface area contributed by atoms with Crippen LogP contribution in [-0.4, -0.2) is 37.5 Å². The Kier molecular flexibility index (Phi) is 10.7. The Hall–Kier alpha value is -2.09. The molecule has 0 aliphatic heterocycles. The third kappa shape index (κ3) is 9.78. The Balaban J connectivity index is 0.00000420. The second-order valence-electron chi connectivity index (χ2n) is 7.90. The number of benzene rings is 2. The van der Waals surface area contributed by atoms with Gasteiger partial charge in [0.25, 0.3) is 0 Å². The van der Waals surface area contributed by atoms with Crippen LogP contribution in [0.15, 0.2) is 65.7 Å². The third-order valence-corrected chi connectivity index (χ3v) is 4.27. The first-order valence-corrected chi connectivity index (χ1v) is 9.72. The monoisotopic (exact) mass is 508 g/mol. The summed E-state index contributed by atoms with van der Waals surface area (Å²) in [6, 6.07) is 21.0. The number of hydrogen-bond donors (Lipinski definition) is 3. The molecule has 1 amide bonds. The molecule has 0 radical (unpaired) electrons. The molecule has 3 N–H and O–H groups in total. The van der Waals surface area contributed by atoms with Crippen LogP contribution in [0.25, 0.3) is 0 Å². The first-order valence-electron chi connectivity index (χ1n) is 9.72. The van der Waals surface area contributed by atoms with Crippen LogP contribution >= 0.6 is 24.0 Å². The molecule has 2 aromatic rings. The molecule has 0 spiro atoms. The van der Waals surface area contributed by atoms with E-state index >= 15 is 0 Å². The number of hydrogen-bond acceptors (Lipinski definition) is 2. The van der Waals surface area contributed by atoms with Crippen LogP contribution in [0.2, 0.25) is 0 Å². The Morgan fingerprint density at radius 3 is 2.10 bits per heavy atom. The molecule has 0 aromatic heterocycles. The average molecular weight is 508 g/mol. The van der Waals surface area contributed by atoms with Crippen molar-refractivity contribution in [1.82, 2.24) is 16.0 Å². The summed E-state index contributed by atoms with van der Waals surface area (Å²) in [5.74, 6) is 0.864. The molecule has 0 aliphatic carbocycles. The van der Waals surface area contributed by atoms with E-state index in [1.54, 1.807) is 7.05 Å². The maximum atomic E-state index is 12.0. The van der Waals surface area contributed by atoms with Gasteiger partial charge in [-0.05, 0) is 38.3 Å². The van der Waals surface area contributed by atoms with Gasteiger partial charge in [0, 0.05) is 25.0 Å². The van der Waals surface area contributed by atoms with Crippen molar-refractivity contribution in [3.8, 4) is 0 Å². The van der Waals surface area contributed by atoms with Gasteiger partial charge in [0.15, 0.2) is 5.96 Å². The smallest absolute Gasteiger partial charge is 0.239 e. The van der Waals surface area contributed by atoms with Crippen molar-refractivity contribution < 1.29 is 4.79 Å². The van der Waals surface area contributed by atoms with Crippen molar-refractivity contribution in [1.29, 1.82) is 0 Å². The molecule has 0 aliphatic rings. The lowest BCUT2D eigenvalue weighted by molar-refractivity contribution is -0.121. The average Bonchev–Trinajstić information content (AvgIpc) is 2.67. The largest absolute Gasteiger partial charge is 0.356 e. The summed E-state index contributed by atoms with van der Waals surface area (Å²) in [5, 5.41) is 9.39. The van der Waals surface area contributed by atoms with E-state index in [0.29, 0.717) is 11.9 Å². The molecule has 0 heterocycles. The number of amides is 1. The number of carbonyl (C=O) groups is 1. The van der Waals surface area contributed by atoms with Crippen LogP contribution in [0.5, 0.6) is 0 Å². The minimum absolute atomic E-state index is 0. The lowest BCUT2D eigenvalue weighted by atomic mass is 9.92. The van der Waals surface area contributed by atoms with Gasteiger partial charge in [-0.15, -0.1) is 24.0 Å². The van der Waals surface area contributed by atoms with E-state index in [1.165, 1.54) is 11.1 Å². The number of nitrogens with zero attached hydrogens (tertiary/aromatic N) is 1. The van der Waals surface area contributed by atoms with Crippen LogP contribution in [0, 0.1) is 0 Å².